The maximum atomic E-state index is 5.76. The van der Waals surface area contributed by atoms with Gasteiger partial charge in [-0.05, 0) is 12.1 Å². The fraction of sp³-hybridized carbons (Fsp3) is 0.176. The third-order valence-corrected chi connectivity index (χ3v) is 3.28. The summed E-state index contributed by atoms with van der Waals surface area (Å²) < 4.78 is 5.76. The van der Waals surface area contributed by atoms with E-state index in [0.29, 0.717) is 11.6 Å². The number of aromatic nitrogens is 2. The zero-order valence-corrected chi connectivity index (χ0v) is 12.1. The predicted molar refractivity (Wildman–Crippen MR) is 84.1 cm³/mol. The van der Waals surface area contributed by atoms with Gasteiger partial charge in [0.25, 0.3) is 0 Å². The van der Waals surface area contributed by atoms with E-state index >= 15 is 0 Å². The van der Waals surface area contributed by atoms with E-state index in [9.17, 15) is 0 Å². The largest absolute Gasteiger partial charge is 0.458 e. The highest BCUT2D eigenvalue weighted by Crippen LogP contribution is 2.25. The Morgan fingerprint density at radius 1 is 1.05 bits per heavy atom. The molecule has 2 heterocycles. The van der Waals surface area contributed by atoms with Gasteiger partial charge in [-0.3, -0.25) is 0 Å². The van der Waals surface area contributed by atoms with Gasteiger partial charge in [-0.1, -0.05) is 37.3 Å². The molecule has 3 rings (SSSR count). The van der Waals surface area contributed by atoms with Crippen LogP contribution in [0.5, 0.6) is 0 Å². The van der Waals surface area contributed by atoms with Gasteiger partial charge < -0.3 is 9.73 Å². The quantitative estimate of drug-likeness (QED) is 0.784. The Balaban J connectivity index is 2.09. The van der Waals surface area contributed by atoms with Gasteiger partial charge in [0, 0.05) is 25.1 Å². The molecule has 0 aliphatic heterocycles. The molecule has 0 spiro atoms. The average Bonchev–Trinajstić information content (AvgIpc) is 3.04. The van der Waals surface area contributed by atoms with E-state index in [-0.39, 0.29) is 0 Å². The van der Waals surface area contributed by atoms with Crippen molar-refractivity contribution in [3.05, 3.63) is 54.3 Å². The number of anilines is 1. The number of hydrogen-bond donors (Lipinski definition) is 1. The van der Waals surface area contributed by atoms with Crippen molar-refractivity contribution < 1.29 is 4.42 Å². The van der Waals surface area contributed by atoms with Crippen molar-refractivity contribution in [3.63, 3.8) is 0 Å². The molecule has 0 aliphatic carbocycles. The van der Waals surface area contributed by atoms with Crippen molar-refractivity contribution >= 4 is 5.82 Å². The van der Waals surface area contributed by atoms with E-state index in [1.165, 1.54) is 0 Å². The topological polar surface area (TPSA) is 51.0 Å². The van der Waals surface area contributed by atoms with E-state index in [4.69, 9.17) is 4.42 Å². The average molecular weight is 279 g/mol. The molecule has 0 fully saturated rings. The summed E-state index contributed by atoms with van der Waals surface area (Å²) >= 11 is 0. The highest BCUT2D eigenvalue weighted by atomic mass is 16.3. The molecule has 1 aromatic carbocycles. The molecule has 0 atom stereocenters. The summed E-state index contributed by atoms with van der Waals surface area (Å²) in [6.45, 7) is 2.06. The van der Waals surface area contributed by atoms with Crippen LogP contribution in [0.1, 0.15) is 12.7 Å². The molecule has 0 unspecified atom stereocenters. The minimum Gasteiger partial charge on any atom is -0.458 e. The second kappa shape index (κ2) is 5.79. The van der Waals surface area contributed by atoms with Gasteiger partial charge in [0.05, 0.1) is 5.69 Å². The van der Waals surface area contributed by atoms with Crippen LogP contribution in [0.3, 0.4) is 0 Å². The zero-order valence-electron chi connectivity index (χ0n) is 12.1. The van der Waals surface area contributed by atoms with Crippen molar-refractivity contribution in [2.45, 2.75) is 13.3 Å². The molecule has 0 radical (unpaired) electrons. The molecule has 2 aromatic heterocycles. The maximum absolute atomic E-state index is 5.76. The number of furan rings is 1. The first kappa shape index (κ1) is 13.4. The predicted octanol–water partition coefficient (Wildman–Crippen LogP) is 4.01. The van der Waals surface area contributed by atoms with Gasteiger partial charge in [-0.15, -0.1) is 0 Å². The Labute approximate surface area is 123 Å². The van der Waals surface area contributed by atoms with E-state index in [0.717, 1.165) is 29.3 Å². The van der Waals surface area contributed by atoms with Crippen LogP contribution in [0.15, 0.2) is 52.9 Å². The van der Waals surface area contributed by atoms with Gasteiger partial charge >= 0.3 is 0 Å². The van der Waals surface area contributed by atoms with Gasteiger partial charge in [0.15, 0.2) is 11.6 Å². The maximum Gasteiger partial charge on any atom is 0.198 e. The molecule has 0 saturated carbocycles. The van der Waals surface area contributed by atoms with Crippen LogP contribution in [0.25, 0.3) is 22.8 Å². The number of hydrogen-bond acceptors (Lipinski definition) is 4. The summed E-state index contributed by atoms with van der Waals surface area (Å²) in [5.41, 5.74) is 1.93. The Morgan fingerprint density at radius 3 is 2.52 bits per heavy atom. The Bertz CT molecular complexity index is 735. The summed E-state index contributed by atoms with van der Waals surface area (Å²) in [4.78, 5) is 9.10. The monoisotopic (exact) mass is 279 g/mol. The lowest BCUT2D eigenvalue weighted by molar-refractivity contribution is 0.525. The van der Waals surface area contributed by atoms with Crippen LogP contribution in [0.2, 0.25) is 0 Å². The molecule has 21 heavy (non-hydrogen) atoms. The minimum absolute atomic E-state index is 0.598. The van der Waals surface area contributed by atoms with Gasteiger partial charge in [-0.2, -0.15) is 0 Å². The summed E-state index contributed by atoms with van der Waals surface area (Å²) in [7, 11) is 1.85. The number of benzene rings is 1. The first-order valence-corrected chi connectivity index (χ1v) is 7.01. The van der Waals surface area contributed by atoms with Crippen LogP contribution < -0.4 is 5.32 Å². The fourth-order valence-electron chi connectivity index (χ4n) is 2.13. The second-order valence-electron chi connectivity index (χ2n) is 4.70. The molecule has 1 N–H and O–H groups in total. The lowest BCUT2D eigenvalue weighted by Gasteiger charge is -2.06. The molecule has 0 saturated heterocycles. The first-order chi connectivity index (χ1) is 10.3. The van der Waals surface area contributed by atoms with Crippen LogP contribution in [0, 0.1) is 0 Å². The lowest BCUT2D eigenvalue weighted by atomic mass is 10.1. The minimum atomic E-state index is 0.598. The van der Waals surface area contributed by atoms with Crippen molar-refractivity contribution in [1.29, 1.82) is 0 Å². The molecule has 4 nitrogen and oxygen atoms in total. The molecule has 0 amide bonds. The third kappa shape index (κ3) is 2.79. The van der Waals surface area contributed by atoms with E-state index in [2.05, 4.69) is 22.2 Å². The molecular formula is C17H17N3O. The Kier molecular flexibility index (Phi) is 3.69. The van der Waals surface area contributed by atoms with E-state index < -0.39 is 0 Å². The highest BCUT2D eigenvalue weighted by molar-refractivity contribution is 5.65. The Hall–Kier alpha value is -2.62. The van der Waals surface area contributed by atoms with Crippen molar-refractivity contribution in [1.82, 2.24) is 9.97 Å². The number of nitrogens with one attached hydrogen (secondary N) is 1. The number of rotatable bonds is 4. The molecular weight excluding hydrogens is 262 g/mol. The Morgan fingerprint density at radius 2 is 1.86 bits per heavy atom. The zero-order chi connectivity index (χ0) is 14.7. The SMILES string of the molecule is CCc1ccc(-c2nc(NC)cc(-c3ccccc3)n2)o1. The summed E-state index contributed by atoms with van der Waals surface area (Å²) in [5, 5.41) is 3.08. The van der Waals surface area contributed by atoms with E-state index in [1.54, 1.807) is 0 Å². The van der Waals surface area contributed by atoms with Gasteiger partial charge in [-0.25, -0.2) is 9.97 Å². The van der Waals surface area contributed by atoms with Crippen LogP contribution >= 0.6 is 0 Å². The van der Waals surface area contributed by atoms with Crippen LogP contribution in [0.4, 0.5) is 5.82 Å². The van der Waals surface area contributed by atoms with Crippen LogP contribution in [-0.2, 0) is 6.42 Å². The van der Waals surface area contributed by atoms with Gasteiger partial charge in [0.2, 0.25) is 0 Å². The summed E-state index contributed by atoms with van der Waals surface area (Å²) in [6.07, 6.45) is 0.858. The van der Waals surface area contributed by atoms with Crippen molar-refractivity contribution in [2.75, 3.05) is 12.4 Å². The normalized spacial score (nSPS) is 10.6. The van der Waals surface area contributed by atoms with Crippen molar-refractivity contribution in [2.24, 2.45) is 0 Å². The summed E-state index contributed by atoms with van der Waals surface area (Å²) in [6, 6.07) is 15.9. The number of aryl methyl sites for hydroxylation is 1. The molecule has 106 valence electrons. The molecule has 0 bridgehead atoms. The van der Waals surface area contributed by atoms with E-state index in [1.807, 2.05) is 55.6 Å². The lowest BCUT2D eigenvalue weighted by Crippen LogP contribution is -1.98. The van der Waals surface area contributed by atoms with Gasteiger partial charge in [0.1, 0.15) is 11.6 Å². The number of nitrogens with zero attached hydrogens (tertiary/aromatic N) is 2. The molecule has 4 heteroatoms. The summed E-state index contributed by atoms with van der Waals surface area (Å²) in [5.74, 6) is 3.00. The molecule has 0 aliphatic rings. The molecule has 3 aromatic rings. The highest BCUT2D eigenvalue weighted by Gasteiger charge is 2.11. The standard InChI is InChI=1S/C17H17N3O/c1-3-13-9-10-15(21-13)17-19-14(11-16(18-2)20-17)12-7-5-4-6-8-12/h4-11H,3H2,1-2H3,(H,18,19,20). The smallest absolute Gasteiger partial charge is 0.198 e. The second-order valence-corrected chi connectivity index (χ2v) is 4.70. The van der Waals surface area contributed by atoms with Crippen LogP contribution in [-0.4, -0.2) is 17.0 Å². The third-order valence-electron chi connectivity index (χ3n) is 3.28. The fourth-order valence-corrected chi connectivity index (χ4v) is 2.13. The first-order valence-electron chi connectivity index (χ1n) is 7.01. The van der Waals surface area contributed by atoms with Crippen molar-refractivity contribution in [3.8, 4) is 22.8 Å².